The number of carbonyl (C=O) groups is 1. The van der Waals surface area contributed by atoms with E-state index in [1.807, 2.05) is 0 Å². The average Bonchev–Trinajstić information content (AvgIpc) is 2.36. The quantitative estimate of drug-likeness (QED) is 0.879. The van der Waals surface area contributed by atoms with Crippen LogP contribution >= 0.6 is 11.6 Å². The first-order valence-electron chi connectivity index (χ1n) is 5.60. The molecule has 0 fully saturated rings. The highest BCUT2D eigenvalue weighted by Gasteiger charge is 2.15. The number of anilines is 1. The van der Waals surface area contributed by atoms with Gasteiger partial charge in [-0.05, 0) is 36.8 Å². The Bertz CT molecular complexity index is 665. The molecule has 0 heterocycles. The fraction of sp³-hybridized carbons (Fsp3) is 0.0714. The summed E-state index contributed by atoms with van der Waals surface area (Å²) < 4.78 is 39.5. The predicted molar refractivity (Wildman–Crippen MR) is 70.5 cm³/mol. The van der Waals surface area contributed by atoms with Crippen molar-refractivity contribution in [3.63, 3.8) is 0 Å². The van der Waals surface area contributed by atoms with Crippen molar-refractivity contribution >= 4 is 23.2 Å². The molecule has 0 aliphatic rings. The Hall–Kier alpha value is -2.01. The maximum atomic E-state index is 13.5. The predicted octanol–water partition coefficient (Wildman–Crippen LogP) is 4.32. The highest BCUT2D eigenvalue weighted by Crippen LogP contribution is 2.27. The normalized spacial score (nSPS) is 10.4. The van der Waals surface area contributed by atoms with E-state index in [1.165, 1.54) is 19.1 Å². The molecule has 0 saturated carbocycles. The van der Waals surface area contributed by atoms with Crippen molar-refractivity contribution in [1.29, 1.82) is 0 Å². The van der Waals surface area contributed by atoms with Gasteiger partial charge in [0.1, 0.15) is 11.6 Å². The van der Waals surface area contributed by atoms with E-state index in [0.29, 0.717) is 6.07 Å². The second-order valence-electron chi connectivity index (χ2n) is 4.16. The van der Waals surface area contributed by atoms with Crippen LogP contribution in [0.5, 0.6) is 0 Å². The zero-order valence-electron chi connectivity index (χ0n) is 10.3. The van der Waals surface area contributed by atoms with Gasteiger partial charge in [-0.3, -0.25) is 4.79 Å². The van der Waals surface area contributed by atoms with Gasteiger partial charge < -0.3 is 5.32 Å². The van der Waals surface area contributed by atoms with Crippen molar-refractivity contribution in [2.75, 3.05) is 5.32 Å². The van der Waals surface area contributed by atoms with Gasteiger partial charge in [0.05, 0.1) is 10.7 Å². The average molecular weight is 300 g/mol. The van der Waals surface area contributed by atoms with Crippen molar-refractivity contribution in [2.45, 2.75) is 6.92 Å². The van der Waals surface area contributed by atoms with Crippen LogP contribution in [0.25, 0.3) is 0 Å². The summed E-state index contributed by atoms with van der Waals surface area (Å²) in [5, 5.41) is 1.98. The summed E-state index contributed by atoms with van der Waals surface area (Å²) in [6, 6.07) is 5.20. The molecule has 2 nitrogen and oxygen atoms in total. The van der Waals surface area contributed by atoms with Crippen LogP contribution in [0.1, 0.15) is 15.9 Å². The van der Waals surface area contributed by atoms with Crippen molar-refractivity contribution in [3.8, 4) is 0 Å². The van der Waals surface area contributed by atoms with E-state index < -0.39 is 23.4 Å². The summed E-state index contributed by atoms with van der Waals surface area (Å²) in [6.45, 7) is 1.50. The molecule has 6 heteroatoms. The largest absolute Gasteiger partial charge is 0.318 e. The molecular formula is C14H9ClF3NO. The number of aryl methyl sites for hydroxylation is 1. The number of rotatable bonds is 2. The van der Waals surface area contributed by atoms with Crippen LogP contribution in [-0.2, 0) is 0 Å². The van der Waals surface area contributed by atoms with E-state index in [4.69, 9.17) is 11.6 Å². The van der Waals surface area contributed by atoms with Gasteiger partial charge in [0.25, 0.3) is 5.91 Å². The maximum absolute atomic E-state index is 13.5. The van der Waals surface area contributed by atoms with Gasteiger partial charge in [0.15, 0.2) is 5.82 Å². The van der Waals surface area contributed by atoms with Crippen LogP contribution in [0.15, 0.2) is 30.3 Å². The van der Waals surface area contributed by atoms with E-state index in [2.05, 4.69) is 5.32 Å². The van der Waals surface area contributed by atoms with Crippen LogP contribution in [0, 0.1) is 24.4 Å². The molecule has 1 amide bonds. The Labute approximate surface area is 118 Å². The van der Waals surface area contributed by atoms with Gasteiger partial charge in [-0.25, -0.2) is 13.2 Å². The Kier molecular flexibility index (Phi) is 3.99. The molecule has 2 rings (SSSR count). The number of nitrogens with one attached hydrogen (secondary N) is 1. The molecule has 0 unspecified atom stereocenters. The minimum Gasteiger partial charge on any atom is -0.318 e. The third kappa shape index (κ3) is 2.93. The molecular weight excluding hydrogens is 291 g/mol. The second-order valence-corrected chi connectivity index (χ2v) is 4.57. The van der Waals surface area contributed by atoms with Crippen molar-refractivity contribution < 1.29 is 18.0 Å². The fourth-order valence-corrected chi connectivity index (χ4v) is 1.87. The van der Waals surface area contributed by atoms with Crippen LogP contribution in [0.4, 0.5) is 18.9 Å². The second kappa shape index (κ2) is 5.54. The zero-order chi connectivity index (χ0) is 14.9. The van der Waals surface area contributed by atoms with Crippen LogP contribution in [-0.4, -0.2) is 5.91 Å². The van der Waals surface area contributed by atoms with Gasteiger partial charge in [0, 0.05) is 11.6 Å². The van der Waals surface area contributed by atoms with Crippen molar-refractivity contribution in [3.05, 3.63) is 63.9 Å². The maximum Gasteiger partial charge on any atom is 0.255 e. The Morgan fingerprint density at radius 1 is 1.10 bits per heavy atom. The SMILES string of the molecule is Cc1cc(C(=O)Nc2c(F)cc(F)cc2Cl)ccc1F. The van der Waals surface area contributed by atoms with Crippen molar-refractivity contribution in [1.82, 2.24) is 0 Å². The summed E-state index contributed by atoms with van der Waals surface area (Å²) in [6.07, 6.45) is 0. The van der Waals surface area contributed by atoms with Gasteiger partial charge in [0.2, 0.25) is 0 Å². The third-order valence-corrected chi connectivity index (χ3v) is 2.96. The lowest BCUT2D eigenvalue weighted by Gasteiger charge is -2.09. The van der Waals surface area contributed by atoms with Crippen LogP contribution in [0.3, 0.4) is 0 Å². The monoisotopic (exact) mass is 299 g/mol. The number of hydrogen-bond donors (Lipinski definition) is 1. The zero-order valence-corrected chi connectivity index (χ0v) is 11.1. The Morgan fingerprint density at radius 2 is 1.80 bits per heavy atom. The fourth-order valence-electron chi connectivity index (χ4n) is 1.63. The molecule has 0 radical (unpaired) electrons. The number of halogens is 4. The van der Waals surface area contributed by atoms with E-state index in [0.717, 1.165) is 12.1 Å². The summed E-state index contributed by atoms with van der Waals surface area (Å²) in [5.41, 5.74) is 0.104. The molecule has 0 saturated heterocycles. The molecule has 0 spiro atoms. The van der Waals surface area contributed by atoms with E-state index in [1.54, 1.807) is 0 Å². The first-order valence-corrected chi connectivity index (χ1v) is 5.98. The molecule has 20 heavy (non-hydrogen) atoms. The number of hydrogen-bond acceptors (Lipinski definition) is 1. The molecule has 104 valence electrons. The Morgan fingerprint density at radius 3 is 2.40 bits per heavy atom. The molecule has 2 aromatic carbocycles. The number of amides is 1. The first kappa shape index (κ1) is 14.4. The molecule has 0 bridgehead atoms. The standard InChI is InChI=1S/C14H9ClF3NO/c1-7-4-8(2-3-11(7)17)14(20)19-13-10(15)5-9(16)6-12(13)18/h2-6H,1H3,(H,19,20). The van der Waals surface area contributed by atoms with Crippen LogP contribution in [0.2, 0.25) is 5.02 Å². The lowest BCUT2D eigenvalue weighted by atomic mass is 10.1. The Balaban J connectivity index is 2.30. The summed E-state index contributed by atoms with van der Waals surface area (Å²) >= 11 is 5.67. The molecule has 0 atom stereocenters. The first-order chi connectivity index (χ1) is 9.38. The summed E-state index contributed by atoms with van der Waals surface area (Å²) in [5.74, 6) is -2.95. The smallest absolute Gasteiger partial charge is 0.255 e. The lowest BCUT2D eigenvalue weighted by molar-refractivity contribution is 0.102. The molecule has 0 aliphatic carbocycles. The summed E-state index contributed by atoms with van der Waals surface area (Å²) in [4.78, 5) is 11.9. The molecule has 0 aromatic heterocycles. The van der Waals surface area contributed by atoms with Gasteiger partial charge >= 0.3 is 0 Å². The minimum atomic E-state index is -0.984. The lowest BCUT2D eigenvalue weighted by Crippen LogP contribution is -2.14. The topological polar surface area (TPSA) is 29.1 Å². The third-order valence-electron chi connectivity index (χ3n) is 2.67. The van der Waals surface area contributed by atoms with Gasteiger partial charge in [-0.1, -0.05) is 11.6 Å². The minimum absolute atomic E-state index is 0.142. The van der Waals surface area contributed by atoms with E-state index >= 15 is 0 Å². The molecule has 1 N–H and O–H groups in total. The summed E-state index contributed by atoms with van der Waals surface area (Å²) in [7, 11) is 0. The van der Waals surface area contributed by atoms with E-state index in [9.17, 15) is 18.0 Å². The van der Waals surface area contributed by atoms with Crippen molar-refractivity contribution in [2.24, 2.45) is 0 Å². The number of carbonyl (C=O) groups excluding carboxylic acids is 1. The highest BCUT2D eigenvalue weighted by molar-refractivity contribution is 6.34. The van der Waals surface area contributed by atoms with Crippen LogP contribution < -0.4 is 5.32 Å². The molecule has 0 aliphatic heterocycles. The number of benzene rings is 2. The van der Waals surface area contributed by atoms with E-state index in [-0.39, 0.29) is 21.8 Å². The molecule has 2 aromatic rings. The van der Waals surface area contributed by atoms with Gasteiger partial charge in [-0.15, -0.1) is 0 Å². The van der Waals surface area contributed by atoms with Gasteiger partial charge in [-0.2, -0.15) is 0 Å². The highest BCUT2D eigenvalue weighted by atomic mass is 35.5.